The largest absolute Gasteiger partial charge is 0.478 e. The molecular formula is C14H11NO4S. The van der Waals surface area contributed by atoms with E-state index in [0.29, 0.717) is 4.90 Å². The zero-order valence-corrected chi connectivity index (χ0v) is 11.4. The van der Waals surface area contributed by atoms with Crippen molar-refractivity contribution in [1.29, 1.82) is 0 Å². The minimum atomic E-state index is -1.18. The van der Waals surface area contributed by atoms with Crippen molar-refractivity contribution in [2.75, 3.05) is 0 Å². The van der Waals surface area contributed by atoms with Gasteiger partial charge in [-0.3, -0.25) is 10.1 Å². The number of aromatic carboxylic acids is 1. The highest BCUT2D eigenvalue weighted by molar-refractivity contribution is 7.99. The first-order valence-electron chi connectivity index (χ1n) is 5.74. The molecule has 0 aliphatic heterocycles. The number of benzene rings is 2. The smallest absolute Gasteiger partial charge is 0.335 e. The van der Waals surface area contributed by atoms with Crippen LogP contribution in [0.2, 0.25) is 0 Å². The van der Waals surface area contributed by atoms with Gasteiger partial charge in [-0.1, -0.05) is 30.0 Å². The lowest BCUT2D eigenvalue weighted by molar-refractivity contribution is -0.387. The monoisotopic (exact) mass is 289 g/mol. The van der Waals surface area contributed by atoms with Crippen molar-refractivity contribution < 1.29 is 14.8 Å². The Morgan fingerprint density at radius 3 is 2.50 bits per heavy atom. The summed E-state index contributed by atoms with van der Waals surface area (Å²) in [4.78, 5) is 22.7. The van der Waals surface area contributed by atoms with Gasteiger partial charge in [0.1, 0.15) is 0 Å². The fourth-order valence-corrected chi connectivity index (χ4v) is 2.66. The van der Waals surface area contributed by atoms with Crippen molar-refractivity contribution in [2.45, 2.75) is 16.7 Å². The van der Waals surface area contributed by atoms with Crippen molar-refractivity contribution in [3.05, 3.63) is 63.7 Å². The molecule has 0 amide bonds. The molecule has 0 radical (unpaired) electrons. The maximum absolute atomic E-state index is 11.1. The standard InChI is InChI=1S/C14H11NO4S/c1-9-4-2-3-5-12(9)20-13-7-6-10(14(16)17)8-11(13)15(18)19/h2-8H,1H3,(H,16,17). The summed E-state index contributed by atoms with van der Waals surface area (Å²) < 4.78 is 0. The summed E-state index contributed by atoms with van der Waals surface area (Å²) in [6.07, 6.45) is 0. The first-order chi connectivity index (χ1) is 9.49. The highest BCUT2D eigenvalue weighted by Crippen LogP contribution is 2.36. The number of nitrogens with zero attached hydrogens (tertiary/aromatic N) is 1. The minimum absolute atomic E-state index is 0.0918. The number of nitro benzene ring substituents is 1. The lowest BCUT2D eigenvalue weighted by atomic mass is 10.2. The summed E-state index contributed by atoms with van der Waals surface area (Å²) in [6.45, 7) is 1.92. The average Bonchev–Trinajstić information content (AvgIpc) is 2.41. The first kappa shape index (κ1) is 14.1. The number of carboxylic acid groups (broad SMARTS) is 1. The highest BCUT2D eigenvalue weighted by Gasteiger charge is 2.18. The van der Waals surface area contributed by atoms with Gasteiger partial charge >= 0.3 is 5.97 Å². The molecular weight excluding hydrogens is 278 g/mol. The predicted octanol–water partition coefficient (Wildman–Crippen LogP) is 3.75. The summed E-state index contributed by atoms with van der Waals surface area (Å²) in [5.74, 6) is -1.18. The molecule has 102 valence electrons. The molecule has 20 heavy (non-hydrogen) atoms. The average molecular weight is 289 g/mol. The van der Waals surface area contributed by atoms with Gasteiger partial charge in [-0.15, -0.1) is 0 Å². The van der Waals surface area contributed by atoms with E-state index >= 15 is 0 Å². The zero-order chi connectivity index (χ0) is 14.7. The maximum Gasteiger partial charge on any atom is 0.335 e. The lowest BCUT2D eigenvalue weighted by Crippen LogP contribution is -1.99. The molecule has 0 aliphatic rings. The third-order valence-electron chi connectivity index (χ3n) is 2.72. The van der Waals surface area contributed by atoms with Crippen LogP contribution in [0.3, 0.4) is 0 Å². The fourth-order valence-electron chi connectivity index (χ4n) is 1.67. The molecule has 0 aromatic heterocycles. The Bertz CT molecular complexity index is 685. The number of rotatable bonds is 4. The second-order valence-electron chi connectivity index (χ2n) is 4.11. The second-order valence-corrected chi connectivity index (χ2v) is 5.20. The van der Waals surface area contributed by atoms with E-state index in [2.05, 4.69) is 0 Å². The molecule has 2 aromatic carbocycles. The van der Waals surface area contributed by atoms with Crippen LogP contribution in [0.25, 0.3) is 0 Å². The van der Waals surface area contributed by atoms with Crippen LogP contribution in [0.5, 0.6) is 0 Å². The normalized spacial score (nSPS) is 10.2. The number of hydrogen-bond acceptors (Lipinski definition) is 4. The molecule has 0 bridgehead atoms. The van der Waals surface area contributed by atoms with Crippen LogP contribution < -0.4 is 0 Å². The lowest BCUT2D eigenvalue weighted by Gasteiger charge is -2.06. The molecule has 0 saturated carbocycles. The Balaban J connectivity index is 2.44. The van der Waals surface area contributed by atoms with Gasteiger partial charge < -0.3 is 5.11 Å². The summed E-state index contributed by atoms with van der Waals surface area (Å²) >= 11 is 1.25. The first-order valence-corrected chi connectivity index (χ1v) is 6.56. The van der Waals surface area contributed by atoms with Gasteiger partial charge in [0.2, 0.25) is 0 Å². The van der Waals surface area contributed by atoms with E-state index in [9.17, 15) is 14.9 Å². The van der Waals surface area contributed by atoms with Crippen molar-refractivity contribution in [3.8, 4) is 0 Å². The van der Waals surface area contributed by atoms with Crippen molar-refractivity contribution in [2.24, 2.45) is 0 Å². The van der Waals surface area contributed by atoms with E-state index in [1.807, 2.05) is 31.2 Å². The predicted molar refractivity (Wildman–Crippen MR) is 75.4 cm³/mol. The SMILES string of the molecule is Cc1ccccc1Sc1ccc(C(=O)O)cc1[N+](=O)[O-]. The van der Waals surface area contributed by atoms with Gasteiger partial charge in [0.05, 0.1) is 15.4 Å². The second kappa shape index (κ2) is 5.75. The van der Waals surface area contributed by atoms with Crippen molar-refractivity contribution in [3.63, 3.8) is 0 Å². The van der Waals surface area contributed by atoms with Crippen LogP contribution in [0.1, 0.15) is 15.9 Å². The quantitative estimate of drug-likeness (QED) is 0.684. The van der Waals surface area contributed by atoms with Gasteiger partial charge in [-0.2, -0.15) is 0 Å². The summed E-state index contributed by atoms with van der Waals surface area (Å²) in [6, 6.07) is 11.5. The molecule has 0 atom stereocenters. The molecule has 0 aliphatic carbocycles. The van der Waals surface area contributed by atoms with E-state index in [1.165, 1.54) is 23.9 Å². The van der Waals surface area contributed by atoms with E-state index < -0.39 is 10.9 Å². The number of hydrogen-bond donors (Lipinski definition) is 1. The van der Waals surface area contributed by atoms with Crippen molar-refractivity contribution >= 4 is 23.4 Å². The Morgan fingerprint density at radius 1 is 1.20 bits per heavy atom. The zero-order valence-electron chi connectivity index (χ0n) is 10.6. The molecule has 2 aromatic rings. The molecule has 2 rings (SSSR count). The molecule has 0 spiro atoms. The van der Waals surface area contributed by atoms with Gasteiger partial charge in [-0.05, 0) is 30.7 Å². The highest BCUT2D eigenvalue weighted by atomic mass is 32.2. The minimum Gasteiger partial charge on any atom is -0.478 e. The Hall–Kier alpha value is -2.34. The summed E-state index contributed by atoms with van der Waals surface area (Å²) in [5.41, 5.74) is 0.720. The van der Waals surface area contributed by atoms with Gasteiger partial charge in [0, 0.05) is 11.0 Å². The fraction of sp³-hybridized carbons (Fsp3) is 0.0714. The topological polar surface area (TPSA) is 80.4 Å². The maximum atomic E-state index is 11.1. The van der Waals surface area contributed by atoms with Crippen molar-refractivity contribution in [1.82, 2.24) is 0 Å². The summed E-state index contributed by atoms with van der Waals surface area (Å²) in [5, 5.41) is 20.0. The van der Waals surface area contributed by atoms with Crippen LogP contribution in [-0.2, 0) is 0 Å². The van der Waals surface area contributed by atoms with Gasteiger partial charge in [0.25, 0.3) is 5.69 Å². The molecule has 0 heterocycles. The Morgan fingerprint density at radius 2 is 1.90 bits per heavy atom. The van der Waals surface area contributed by atoms with Crippen LogP contribution in [-0.4, -0.2) is 16.0 Å². The third kappa shape index (κ3) is 2.97. The molecule has 1 N–H and O–H groups in total. The Kier molecular flexibility index (Phi) is 4.05. The van der Waals surface area contributed by atoms with Gasteiger partial charge in [-0.25, -0.2) is 4.79 Å². The van der Waals surface area contributed by atoms with E-state index in [1.54, 1.807) is 0 Å². The Labute approximate surface area is 119 Å². The van der Waals surface area contributed by atoms with Gasteiger partial charge in [0.15, 0.2) is 0 Å². The van der Waals surface area contributed by atoms with E-state index in [4.69, 9.17) is 5.11 Å². The number of aryl methyl sites for hydroxylation is 1. The van der Waals surface area contributed by atoms with Crippen LogP contribution in [0.4, 0.5) is 5.69 Å². The van der Waals surface area contributed by atoms with Crippen LogP contribution >= 0.6 is 11.8 Å². The molecule has 0 fully saturated rings. The molecule has 5 nitrogen and oxygen atoms in total. The van der Waals surface area contributed by atoms with Crippen LogP contribution in [0.15, 0.2) is 52.3 Å². The summed E-state index contributed by atoms with van der Waals surface area (Å²) in [7, 11) is 0. The number of carboxylic acids is 1. The number of carbonyl (C=O) groups is 1. The number of nitro groups is 1. The molecule has 0 unspecified atom stereocenters. The molecule has 0 saturated heterocycles. The third-order valence-corrected chi connectivity index (χ3v) is 3.96. The van der Waals surface area contributed by atoms with E-state index in [0.717, 1.165) is 16.5 Å². The van der Waals surface area contributed by atoms with E-state index in [-0.39, 0.29) is 11.3 Å². The van der Waals surface area contributed by atoms with Crippen LogP contribution in [0, 0.1) is 17.0 Å². The molecule has 6 heteroatoms.